The van der Waals surface area contributed by atoms with Gasteiger partial charge in [0.25, 0.3) is 5.91 Å². The molecule has 194 valence electrons. The Morgan fingerprint density at radius 1 is 0.974 bits per heavy atom. The van der Waals surface area contributed by atoms with Gasteiger partial charge in [-0.2, -0.15) is 0 Å². The highest BCUT2D eigenvalue weighted by atomic mass is 16.5. The summed E-state index contributed by atoms with van der Waals surface area (Å²) in [7, 11) is 3.19. The van der Waals surface area contributed by atoms with Crippen LogP contribution in [0, 0.1) is 6.92 Å². The molecule has 7 nitrogen and oxygen atoms in total. The van der Waals surface area contributed by atoms with E-state index in [2.05, 4.69) is 16.3 Å². The van der Waals surface area contributed by atoms with E-state index < -0.39 is 0 Å². The predicted octanol–water partition coefficient (Wildman–Crippen LogP) is 5.94. The van der Waals surface area contributed by atoms with Crippen molar-refractivity contribution in [1.82, 2.24) is 0 Å². The Balaban J connectivity index is 1.57. The summed E-state index contributed by atoms with van der Waals surface area (Å²) in [6, 6.07) is 17.2. The lowest BCUT2D eigenvalue weighted by molar-refractivity contribution is 0.102. The fraction of sp³-hybridized carbons (Fsp3) is 0.290. The maximum Gasteiger partial charge on any atom is 0.261 e. The lowest BCUT2D eigenvalue weighted by Crippen LogP contribution is -2.34. The van der Waals surface area contributed by atoms with Crippen LogP contribution in [0.3, 0.4) is 0 Å². The molecule has 0 saturated heterocycles. The van der Waals surface area contributed by atoms with Gasteiger partial charge in [0, 0.05) is 41.5 Å². The van der Waals surface area contributed by atoms with Crippen LogP contribution in [0.5, 0.6) is 11.5 Å². The Morgan fingerprint density at radius 3 is 2.53 bits per heavy atom. The standard InChI is InChI=1S/C31H31N3O4/c1-19-8-10-22(11-9-19)32-30(35)25-17-21-16-20-6-4-14-34-15-5-7-24(28(20)34)29(21)38-31(25)33-26-18-23(36-2)12-13-27(26)37-3/h8-13,16-18H,4-7,14-15H2,1-3H3,(H,32,35). The molecule has 2 aliphatic rings. The van der Waals surface area contributed by atoms with E-state index in [1.807, 2.05) is 43.3 Å². The Labute approximate surface area is 221 Å². The third kappa shape index (κ3) is 4.38. The quantitative estimate of drug-likeness (QED) is 0.360. The van der Waals surface area contributed by atoms with Gasteiger partial charge in [0.1, 0.15) is 28.3 Å². The summed E-state index contributed by atoms with van der Waals surface area (Å²) in [6.45, 7) is 4.15. The molecule has 3 aromatic carbocycles. The summed E-state index contributed by atoms with van der Waals surface area (Å²) in [5.74, 6) is 0.910. The van der Waals surface area contributed by atoms with Crippen molar-refractivity contribution >= 4 is 33.9 Å². The number of anilines is 2. The smallest absolute Gasteiger partial charge is 0.261 e. The van der Waals surface area contributed by atoms with Crippen LogP contribution in [0.2, 0.25) is 0 Å². The van der Waals surface area contributed by atoms with Gasteiger partial charge in [-0.15, -0.1) is 0 Å². The van der Waals surface area contributed by atoms with Gasteiger partial charge in [0.05, 0.1) is 14.2 Å². The largest absolute Gasteiger partial charge is 0.497 e. The second kappa shape index (κ2) is 9.89. The number of rotatable bonds is 5. The number of nitrogens with zero attached hydrogens (tertiary/aromatic N) is 2. The second-order valence-electron chi connectivity index (χ2n) is 9.91. The minimum Gasteiger partial charge on any atom is -0.497 e. The van der Waals surface area contributed by atoms with Crippen LogP contribution < -0.4 is 25.2 Å². The first-order valence-corrected chi connectivity index (χ1v) is 13.1. The molecule has 1 aromatic heterocycles. The zero-order chi connectivity index (χ0) is 26.2. The average molecular weight is 510 g/mol. The third-order valence-corrected chi connectivity index (χ3v) is 7.39. The van der Waals surface area contributed by atoms with Crippen molar-refractivity contribution < 1.29 is 18.7 Å². The van der Waals surface area contributed by atoms with Crippen LogP contribution in [0.1, 0.15) is 39.9 Å². The van der Waals surface area contributed by atoms with Crippen molar-refractivity contribution in [3.63, 3.8) is 0 Å². The van der Waals surface area contributed by atoms with E-state index in [0.717, 1.165) is 55.3 Å². The number of fused-ring (bicyclic) bond motifs is 2. The molecule has 0 radical (unpaired) electrons. The minimum atomic E-state index is -0.284. The molecule has 3 heterocycles. The monoisotopic (exact) mass is 509 g/mol. The van der Waals surface area contributed by atoms with Gasteiger partial charge in [-0.25, -0.2) is 4.99 Å². The molecular formula is C31H31N3O4. The highest BCUT2D eigenvalue weighted by molar-refractivity contribution is 6.06. The molecule has 1 N–H and O–H groups in total. The van der Waals surface area contributed by atoms with E-state index in [0.29, 0.717) is 28.4 Å². The van der Waals surface area contributed by atoms with E-state index in [1.165, 1.54) is 16.8 Å². The number of nitrogens with one attached hydrogen (secondary N) is 1. The Bertz CT molecular complexity index is 1600. The van der Waals surface area contributed by atoms with Gasteiger partial charge in [0.15, 0.2) is 0 Å². The van der Waals surface area contributed by atoms with Crippen LogP contribution in [-0.2, 0) is 12.8 Å². The molecule has 0 saturated carbocycles. The summed E-state index contributed by atoms with van der Waals surface area (Å²) in [5, 5.41) is 3.94. The highest BCUT2D eigenvalue weighted by Crippen LogP contribution is 2.40. The number of carbonyl (C=O) groups is 1. The van der Waals surface area contributed by atoms with Crippen LogP contribution in [0.4, 0.5) is 17.1 Å². The van der Waals surface area contributed by atoms with E-state index in [-0.39, 0.29) is 11.5 Å². The zero-order valence-electron chi connectivity index (χ0n) is 22.0. The maximum absolute atomic E-state index is 13.6. The molecule has 0 spiro atoms. The topological polar surface area (TPSA) is 76.3 Å². The Morgan fingerprint density at radius 2 is 1.76 bits per heavy atom. The number of benzene rings is 3. The molecule has 0 aliphatic carbocycles. The molecule has 0 unspecified atom stereocenters. The number of ether oxygens (including phenoxy) is 2. The third-order valence-electron chi connectivity index (χ3n) is 7.39. The lowest BCUT2D eigenvalue weighted by atomic mass is 9.90. The molecule has 0 fully saturated rings. The minimum absolute atomic E-state index is 0.234. The Kier molecular flexibility index (Phi) is 6.27. The van der Waals surface area contributed by atoms with Crippen molar-refractivity contribution in [2.24, 2.45) is 4.99 Å². The fourth-order valence-corrected chi connectivity index (χ4v) is 5.53. The van der Waals surface area contributed by atoms with Crippen molar-refractivity contribution in [3.8, 4) is 11.5 Å². The summed E-state index contributed by atoms with van der Waals surface area (Å²) < 4.78 is 17.5. The summed E-state index contributed by atoms with van der Waals surface area (Å²) >= 11 is 0. The van der Waals surface area contributed by atoms with E-state index in [9.17, 15) is 4.79 Å². The first-order valence-electron chi connectivity index (χ1n) is 13.1. The summed E-state index contributed by atoms with van der Waals surface area (Å²) in [4.78, 5) is 20.9. The van der Waals surface area contributed by atoms with E-state index in [4.69, 9.17) is 18.9 Å². The first kappa shape index (κ1) is 24.1. The SMILES string of the molecule is COc1ccc(OC)c(N=c2oc3c4c5c(cc3cc2C(=O)Nc2ccc(C)cc2)CCCN5CCC4)c1. The maximum atomic E-state index is 13.6. The van der Waals surface area contributed by atoms with Crippen molar-refractivity contribution in [2.75, 3.05) is 37.5 Å². The number of methoxy groups -OCH3 is 2. The van der Waals surface area contributed by atoms with Gasteiger partial charge < -0.3 is 24.1 Å². The van der Waals surface area contributed by atoms with Crippen LogP contribution in [-0.4, -0.2) is 33.2 Å². The summed E-state index contributed by atoms with van der Waals surface area (Å²) in [5.41, 5.74) is 7.59. The molecule has 4 aromatic rings. The number of carbonyl (C=O) groups excluding carboxylic acids is 1. The zero-order valence-corrected chi connectivity index (χ0v) is 22.0. The highest BCUT2D eigenvalue weighted by Gasteiger charge is 2.27. The van der Waals surface area contributed by atoms with Crippen LogP contribution in [0.25, 0.3) is 11.0 Å². The normalized spacial score (nSPS) is 14.8. The lowest BCUT2D eigenvalue weighted by Gasteiger charge is -2.37. The molecule has 7 heteroatoms. The first-order chi connectivity index (χ1) is 18.5. The molecule has 1 amide bonds. The van der Waals surface area contributed by atoms with Gasteiger partial charge in [-0.05, 0) is 74.6 Å². The molecule has 0 atom stereocenters. The van der Waals surface area contributed by atoms with E-state index >= 15 is 0 Å². The number of aryl methyl sites for hydroxylation is 3. The van der Waals surface area contributed by atoms with Gasteiger partial charge in [-0.1, -0.05) is 17.7 Å². The van der Waals surface area contributed by atoms with Gasteiger partial charge in [-0.3, -0.25) is 4.79 Å². The second-order valence-corrected chi connectivity index (χ2v) is 9.91. The molecule has 38 heavy (non-hydrogen) atoms. The predicted molar refractivity (Wildman–Crippen MR) is 149 cm³/mol. The fourth-order valence-electron chi connectivity index (χ4n) is 5.53. The Hall–Kier alpha value is -4.26. The molecule has 2 aliphatic heterocycles. The van der Waals surface area contributed by atoms with Crippen molar-refractivity contribution in [1.29, 1.82) is 0 Å². The van der Waals surface area contributed by atoms with Crippen LogP contribution >= 0.6 is 0 Å². The number of hydrogen-bond acceptors (Lipinski definition) is 6. The molecule has 6 rings (SSSR count). The average Bonchev–Trinajstić information content (AvgIpc) is 2.94. The van der Waals surface area contributed by atoms with E-state index in [1.54, 1.807) is 26.4 Å². The van der Waals surface area contributed by atoms with Crippen molar-refractivity contribution in [2.45, 2.75) is 32.6 Å². The van der Waals surface area contributed by atoms with Crippen LogP contribution in [0.15, 0.2) is 64.0 Å². The van der Waals surface area contributed by atoms with Gasteiger partial charge >= 0.3 is 0 Å². The summed E-state index contributed by atoms with van der Waals surface area (Å²) in [6.07, 6.45) is 4.19. The van der Waals surface area contributed by atoms with Crippen molar-refractivity contribution in [3.05, 3.63) is 82.4 Å². The molecule has 0 bridgehead atoms. The van der Waals surface area contributed by atoms with Gasteiger partial charge in [0.2, 0.25) is 5.55 Å². The number of hydrogen-bond donors (Lipinski definition) is 1. The number of amides is 1. The molecular weight excluding hydrogens is 478 g/mol.